The van der Waals surface area contributed by atoms with Crippen molar-refractivity contribution in [3.05, 3.63) is 29.8 Å². The minimum Gasteiger partial charge on any atom is -0.227 e. The van der Waals surface area contributed by atoms with Crippen LogP contribution in [-0.4, -0.2) is 8.42 Å². The van der Waals surface area contributed by atoms with Gasteiger partial charge < -0.3 is 0 Å². The highest BCUT2D eigenvalue weighted by Crippen LogP contribution is 2.15. The van der Waals surface area contributed by atoms with Crippen molar-refractivity contribution in [2.24, 2.45) is 0 Å². The van der Waals surface area contributed by atoms with Crippen LogP contribution < -0.4 is 0 Å². The molecule has 0 heterocycles. The third kappa shape index (κ3) is 2.08. The molecular weight excluding hydrogens is 172 g/mol. The number of thiol groups is 1. The maximum absolute atomic E-state index is 10.6. The molecule has 12 heavy (non-hydrogen) atoms. The monoisotopic (exact) mass is 184 g/mol. The van der Waals surface area contributed by atoms with E-state index in [1.165, 1.54) is 0 Å². The van der Waals surface area contributed by atoms with Crippen LogP contribution in [0.3, 0.4) is 0 Å². The van der Waals surface area contributed by atoms with Crippen LogP contribution in [0.1, 0.15) is 25.3 Å². The van der Waals surface area contributed by atoms with Crippen LogP contribution in [0.4, 0.5) is 0 Å². The van der Waals surface area contributed by atoms with Gasteiger partial charge in [0.2, 0.25) is 0 Å². The van der Waals surface area contributed by atoms with Gasteiger partial charge in [-0.15, -0.1) is 0 Å². The zero-order chi connectivity index (χ0) is 9.14. The molecule has 1 aromatic carbocycles. The van der Waals surface area contributed by atoms with Gasteiger partial charge in [0.15, 0.2) is 10.7 Å². The van der Waals surface area contributed by atoms with E-state index >= 15 is 0 Å². The fraction of sp³-hybridized carbons (Fsp3) is 0.333. The zero-order valence-corrected chi connectivity index (χ0v) is 8.04. The van der Waals surface area contributed by atoms with E-state index in [-0.39, 0.29) is 0 Å². The average Bonchev–Trinajstić information content (AvgIpc) is 2.04. The van der Waals surface area contributed by atoms with Gasteiger partial charge in [-0.25, -0.2) is 8.42 Å². The van der Waals surface area contributed by atoms with E-state index in [2.05, 4.69) is 0 Å². The molecule has 0 bridgehead atoms. The molecule has 0 spiro atoms. The van der Waals surface area contributed by atoms with Gasteiger partial charge in [-0.1, -0.05) is 26.0 Å². The highest BCUT2D eigenvalue weighted by atomic mass is 32.2. The molecule has 0 aliphatic rings. The quantitative estimate of drug-likeness (QED) is 0.711. The lowest BCUT2D eigenvalue weighted by molar-refractivity contribution is 0.614. The van der Waals surface area contributed by atoms with E-state index in [0.717, 1.165) is 5.56 Å². The van der Waals surface area contributed by atoms with Crippen molar-refractivity contribution in [3.8, 4) is 0 Å². The molecule has 0 unspecified atom stereocenters. The van der Waals surface area contributed by atoms with Crippen molar-refractivity contribution in [2.75, 3.05) is 0 Å². The summed E-state index contributed by atoms with van der Waals surface area (Å²) in [4.78, 5) is 0.399. The predicted octanol–water partition coefficient (Wildman–Crippen LogP) is 1.78. The topological polar surface area (TPSA) is 34.1 Å². The average molecular weight is 184 g/mol. The molecule has 0 N–H and O–H groups in total. The predicted molar refractivity (Wildman–Crippen MR) is 49.1 cm³/mol. The summed E-state index contributed by atoms with van der Waals surface area (Å²) in [6.07, 6.45) is 0. The van der Waals surface area contributed by atoms with E-state index < -0.39 is 10.7 Å². The maximum Gasteiger partial charge on any atom is 0.168 e. The summed E-state index contributed by atoms with van der Waals surface area (Å²) >= 11 is 0. The van der Waals surface area contributed by atoms with Gasteiger partial charge in [0.05, 0.1) is 4.90 Å². The summed E-state index contributed by atoms with van der Waals surface area (Å²) in [5, 5.41) is 0. The Bertz CT molecular complexity index is 332. The molecule has 3 heteroatoms. The highest BCUT2D eigenvalue weighted by molar-refractivity contribution is 7.72. The van der Waals surface area contributed by atoms with Crippen molar-refractivity contribution in [2.45, 2.75) is 24.7 Å². The summed E-state index contributed by atoms with van der Waals surface area (Å²) in [5.41, 5.74) is 1.06. The first-order valence-electron chi connectivity index (χ1n) is 3.85. The van der Waals surface area contributed by atoms with Crippen LogP contribution >= 0.6 is 0 Å². The van der Waals surface area contributed by atoms with E-state index in [1.807, 2.05) is 19.9 Å². The van der Waals surface area contributed by atoms with Crippen molar-refractivity contribution >= 4 is 10.7 Å². The van der Waals surface area contributed by atoms with Gasteiger partial charge in [0.1, 0.15) is 0 Å². The lowest BCUT2D eigenvalue weighted by Crippen LogP contribution is -1.88. The van der Waals surface area contributed by atoms with Crippen molar-refractivity contribution in [1.82, 2.24) is 0 Å². The fourth-order valence-corrected chi connectivity index (χ4v) is 1.46. The Morgan fingerprint density at radius 2 is 1.92 bits per heavy atom. The Morgan fingerprint density at radius 3 is 2.42 bits per heavy atom. The van der Waals surface area contributed by atoms with Gasteiger partial charge in [-0.2, -0.15) is 0 Å². The molecule has 1 aromatic rings. The Labute approximate surface area is 74.2 Å². The Morgan fingerprint density at radius 1 is 1.25 bits per heavy atom. The second-order valence-corrected chi connectivity index (χ2v) is 4.04. The largest absolute Gasteiger partial charge is 0.227 e. The lowest BCUT2D eigenvalue weighted by Gasteiger charge is -2.04. The van der Waals surface area contributed by atoms with Crippen LogP contribution in [-0.2, 0) is 10.7 Å². The van der Waals surface area contributed by atoms with Crippen LogP contribution in [0.5, 0.6) is 0 Å². The molecule has 0 aromatic heterocycles. The normalized spacial score (nSPS) is 11.0. The first-order chi connectivity index (χ1) is 5.61. The molecule has 0 aliphatic heterocycles. The molecule has 1 rings (SSSR count). The van der Waals surface area contributed by atoms with Gasteiger partial charge in [-0.3, -0.25) is 0 Å². The van der Waals surface area contributed by atoms with Gasteiger partial charge in [0.25, 0.3) is 0 Å². The molecule has 0 fully saturated rings. The van der Waals surface area contributed by atoms with Gasteiger partial charge in [0, 0.05) is 0 Å². The number of hydrogen-bond donors (Lipinski definition) is 1. The third-order valence-electron chi connectivity index (χ3n) is 1.75. The van der Waals surface area contributed by atoms with Crippen molar-refractivity contribution < 1.29 is 8.42 Å². The Hall–Kier alpha value is -0.830. The summed E-state index contributed by atoms with van der Waals surface area (Å²) < 4.78 is 21.2. The highest BCUT2D eigenvalue weighted by Gasteiger charge is 2.00. The van der Waals surface area contributed by atoms with Gasteiger partial charge in [-0.05, 0) is 23.6 Å². The number of rotatable bonds is 2. The molecule has 0 amide bonds. The molecule has 0 aliphatic carbocycles. The van der Waals surface area contributed by atoms with Crippen molar-refractivity contribution in [3.63, 3.8) is 0 Å². The van der Waals surface area contributed by atoms with E-state index in [9.17, 15) is 8.42 Å². The van der Waals surface area contributed by atoms with Crippen LogP contribution in [0, 0.1) is 0 Å². The minimum absolute atomic E-state index is 0.375. The maximum atomic E-state index is 10.6. The molecule has 0 radical (unpaired) electrons. The molecule has 0 saturated carbocycles. The first kappa shape index (κ1) is 9.26. The molecule has 0 atom stereocenters. The van der Waals surface area contributed by atoms with Crippen LogP contribution in [0.2, 0.25) is 0 Å². The summed E-state index contributed by atoms with van der Waals surface area (Å²) in [7, 11) is -2.44. The summed E-state index contributed by atoms with van der Waals surface area (Å²) in [5.74, 6) is 0.375. The minimum atomic E-state index is -2.44. The lowest BCUT2D eigenvalue weighted by atomic mass is 10.0. The van der Waals surface area contributed by atoms with E-state index in [0.29, 0.717) is 10.8 Å². The van der Waals surface area contributed by atoms with E-state index in [1.54, 1.807) is 18.2 Å². The summed E-state index contributed by atoms with van der Waals surface area (Å²) in [6.45, 7) is 4.08. The molecule has 2 nitrogen and oxygen atoms in total. The molecule has 66 valence electrons. The summed E-state index contributed by atoms with van der Waals surface area (Å²) in [6, 6.07) is 7.04. The number of benzene rings is 1. The zero-order valence-electron chi connectivity index (χ0n) is 7.15. The molecule has 0 saturated heterocycles. The van der Waals surface area contributed by atoms with Gasteiger partial charge >= 0.3 is 0 Å². The van der Waals surface area contributed by atoms with E-state index in [4.69, 9.17) is 0 Å². The van der Waals surface area contributed by atoms with Crippen LogP contribution in [0.15, 0.2) is 29.2 Å². The van der Waals surface area contributed by atoms with Crippen molar-refractivity contribution in [1.29, 1.82) is 0 Å². The SMILES string of the molecule is CC(C)c1cccc([SH](=O)=O)c1. The fourth-order valence-electron chi connectivity index (χ4n) is 0.997. The van der Waals surface area contributed by atoms with Crippen LogP contribution in [0.25, 0.3) is 0 Å². The first-order valence-corrected chi connectivity index (χ1v) is 5.03. The Kier molecular flexibility index (Phi) is 2.87. The second-order valence-electron chi connectivity index (χ2n) is 3.01. The standard InChI is InChI=1S/C9H12O2S/c1-7(2)8-4-3-5-9(6-8)12(10)11/h3-7,12H,1-2H3. The third-order valence-corrected chi connectivity index (χ3v) is 2.45. The Balaban J connectivity index is 3.12. The smallest absolute Gasteiger partial charge is 0.168 e. The number of hydrogen-bond acceptors (Lipinski definition) is 2. The molecular formula is C9H12O2S. The second kappa shape index (κ2) is 3.72.